The summed E-state index contributed by atoms with van der Waals surface area (Å²) < 4.78 is 5.74. The first-order chi connectivity index (χ1) is 8.15. The summed E-state index contributed by atoms with van der Waals surface area (Å²) in [6.07, 6.45) is 3.36. The Hall–Kier alpha value is -0.610. The van der Waals surface area contributed by atoms with Crippen molar-refractivity contribution in [3.8, 4) is 0 Å². The minimum absolute atomic E-state index is 0.196. The van der Waals surface area contributed by atoms with Crippen molar-refractivity contribution in [1.82, 2.24) is 10.6 Å². The van der Waals surface area contributed by atoms with Crippen LogP contribution in [0.4, 0.5) is 0 Å². The molecule has 2 saturated heterocycles. The zero-order chi connectivity index (χ0) is 12.3. The smallest absolute Gasteiger partial charge is 0.225 e. The average Bonchev–Trinajstić information content (AvgIpc) is 2.13. The van der Waals surface area contributed by atoms with Crippen LogP contribution in [0.3, 0.4) is 0 Å². The van der Waals surface area contributed by atoms with Crippen LogP contribution in [0, 0.1) is 11.8 Å². The van der Waals surface area contributed by atoms with Gasteiger partial charge in [-0.25, -0.2) is 0 Å². The fraction of sp³-hybridized carbons (Fsp3) is 0.923. The maximum atomic E-state index is 11.8. The number of carbonyl (C=O) groups is 1. The van der Waals surface area contributed by atoms with Crippen LogP contribution in [-0.2, 0) is 9.53 Å². The Morgan fingerprint density at radius 3 is 2.82 bits per heavy atom. The highest BCUT2D eigenvalue weighted by Crippen LogP contribution is 2.20. The molecule has 0 aliphatic carbocycles. The molecule has 2 N–H and O–H groups in total. The second kappa shape index (κ2) is 5.83. The van der Waals surface area contributed by atoms with E-state index in [-0.39, 0.29) is 11.8 Å². The number of hydrogen-bond donors (Lipinski definition) is 2. The Balaban J connectivity index is 1.74. The van der Waals surface area contributed by atoms with Gasteiger partial charge in [-0.2, -0.15) is 0 Å². The van der Waals surface area contributed by atoms with Gasteiger partial charge in [-0.3, -0.25) is 4.79 Å². The molecule has 4 heteroatoms. The quantitative estimate of drug-likeness (QED) is 0.768. The molecule has 0 aromatic rings. The number of nitrogens with one attached hydrogen (secondary N) is 2. The van der Waals surface area contributed by atoms with Crippen LogP contribution in [0.5, 0.6) is 0 Å². The zero-order valence-corrected chi connectivity index (χ0v) is 10.9. The Bertz CT molecular complexity index is 264. The molecule has 2 aliphatic rings. The van der Waals surface area contributed by atoms with E-state index in [0.29, 0.717) is 18.1 Å². The molecule has 0 spiro atoms. The molecule has 2 fully saturated rings. The van der Waals surface area contributed by atoms with Gasteiger partial charge in [0.05, 0.1) is 12.0 Å². The van der Waals surface area contributed by atoms with Crippen LogP contribution >= 0.6 is 0 Å². The highest BCUT2D eigenvalue weighted by molar-refractivity contribution is 5.80. The Morgan fingerprint density at radius 1 is 1.47 bits per heavy atom. The largest absolute Gasteiger partial charge is 0.378 e. The van der Waals surface area contributed by atoms with Crippen LogP contribution in [0.2, 0.25) is 0 Å². The highest BCUT2D eigenvalue weighted by Gasteiger charge is 2.29. The maximum Gasteiger partial charge on any atom is 0.225 e. The van der Waals surface area contributed by atoms with Crippen molar-refractivity contribution < 1.29 is 9.53 Å². The summed E-state index contributed by atoms with van der Waals surface area (Å²) in [6.45, 7) is 6.89. The molecular weight excluding hydrogens is 216 g/mol. The predicted molar refractivity (Wildman–Crippen MR) is 66.7 cm³/mol. The summed E-state index contributed by atoms with van der Waals surface area (Å²) in [4.78, 5) is 11.8. The molecule has 1 amide bonds. The van der Waals surface area contributed by atoms with Crippen molar-refractivity contribution in [2.75, 3.05) is 19.7 Å². The summed E-state index contributed by atoms with van der Waals surface area (Å²) in [5.74, 6) is 1.07. The van der Waals surface area contributed by atoms with E-state index in [1.807, 2.05) is 0 Å². The Labute approximate surface area is 103 Å². The van der Waals surface area contributed by atoms with E-state index in [2.05, 4.69) is 24.5 Å². The average molecular weight is 240 g/mol. The predicted octanol–water partition coefficient (Wildman–Crippen LogP) is 0.916. The summed E-state index contributed by atoms with van der Waals surface area (Å²) in [5, 5.41) is 6.29. The SMILES string of the molecule is CC(C)CC1CC(NC(=O)C2CNC2)CCO1. The van der Waals surface area contributed by atoms with E-state index >= 15 is 0 Å². The molecule has 2 atom stereocenters. The summed E-state index contributed by atoms with van der Waals surface area (Å²) in [5.41, 5.74) is 0. The summed E-state index contributed by atoms with van der Waals surface area (Å²) in [6, 6.07) is 0.320. The minimum Gasteiger partial charge on any atom is -0.378 e. The molecule has 17 heavy (non-hydrogen) atoms. The molecule has 98 valence electrons. The second-order valence-corrected chi connectivity index (χ2v) is 5.71. The molecule has 0 aromatic heterocycles. The van der Waals surface area contributed by atoms with E-state index in [9.17, 15) is 4.79 Å². The Kier molecular flexibility index (Phi) is 4.40. The molecule has 2 unspecified atom stereocenters. The summed E-state index contributed by atoms with van der Waals surface area (Å²) in [7, 11) is 0. The number of carbonyl (C=O) groups excluding carboxylic acids is 1. The first-order valence-corrected chi connectivity index (χ1v) is 6.78. The second-order valence-electron chi connectivity index (χ2n) is 5.71. The first-order valence-electron chi connectivity index (χ1n) is 6.78. The molecule has 0 bridgehead atoms. The van der Waals surface area contributed by atoms with Crippen molar-refractivity contribution in [2.24, 2.45) is 11.8 Å². The summed E-state index contributed by atoms with van der Waals surface area (Å²) >= 11 is 0. The lowest BCUT2D eigenvalue weighted by Gasteiger charge is -2.33. The number of rotatable bonds is 4. The lowest BCUT2D eigenvalue weighted by molar-refractivity contribution is -0.128. The fourth-order valence-electron chi connectivity index (χ4n) is 2.49. The standard InChI is InChI=1S/C13H24N2O2/c1-9(2)5-12-6-11(3-4-17-12)15-13(16)10-7-14-8-10/h9-12,14H,3-8H2,1-2H3,(H,15,16). The third-order valence-electron chi connectivity index (χ3n) is 3.60. The van der Waals surface area contributed by atoms with Gasteiger partial charge < -0.3 is 15.4 Å². The number of amides is 1. The molecular formula is C13H24N2O2. The van der Waals surface area contributed by atoms with E-state index in [4.69, 9.17) is 4.74 Å². The molecule has 0 saturated carbocycles. The number of hydrogen-bond acceptors (Lipinski definition) is 3. The van der Waals surface area contributed by atoms with E-state index in [0.717, 1.165) is 39.0 Å². The molecule has 0 radical (unpaired) electrons. The van der Waals surface area contributed by atoms with Gasteiger partial charge in [-0.05, 0) is 25.2 Å². The lowest BCUT2D eigenvalue weighted by Crippen LogP contribution is -2.54. The van der Waals surface area contributed by atoms with E-state index < -0.39 is 0 Å². The molecule has 2 heterocycles. The molecule has 2 aliphatic heterocycles. The normalized spacial score (nSPS) is 30.1. The molecule has 4 nitrogen and oxygen atoms in total. The highest BCUT2D eigenvalue weighted by atomic mass is 16.5. The fourth-order valence-corrected chi connectivity index (χ4v) is 2.49. The van der Waals surface area contributed by atoms with Gasteiger partial charge >= 0.3 is 0 Å². The van der Waals surface area contributed by atoms with Gasteiger partial charge in [0.1, 0.15) is 0 Å². The van der Waals surface area contributed by atoms with Gasteiger partial charge in [-0.1, -0.05) is 13.8 Å². The van der Waals surface area contributed by atoms with Crippen molar-refractivity contribution in [2.45, 2.75) is 45.3 Å². The maximum absolute atomic E-state index is 11.8. The molecule has 0 aromatic carbocycles. The van der Waals surface area contributed by atoms with Crippen molar-refractivity contribution in [1.29, 1.82) is 0 Å². The third kappa shape index (κ3) is 3.68. The topological polar surface area (TPSA) is 50.4 Å². The van der Waals surface area contributed by atoms with Crippen LogP contribution in [0.1, 0.15) is 33.1 Å². The van der Waals surface area contributed by atoms with Gasteiger partial charge in [0.15, 0.2) is 0 Å². The van der Waals surface area contributed by atoms with E-state index in [1.54, 1.807) is 0 Å². The van der Waals surface area contributed by atoms with Crippen LogP contribution in [0.15, 0.2) is 0 Å². The van der Waals surface area contributed by atoms with Crippen LogP contribution in [0.25, 0.3) is 0 Å². The van der Waals surface area contributed by atoms with Crippen LogP contribution in [-0.4, -0.2) is 37.7 Å². The number of ether oxygens (including phenoxy) is 1. The molecule has 2 rings (SSSR count). The monoisotopic (exact) mass is 240 g/mol. The first kappa shape index (κ1) is 12.8. The van der Waals surface area contributed by atoms with Gasteiger partial charge in [0.25, 0.3) is 0 Å². The van der Waals surface area contributed by atoms with Gasteiger partial charge in [0.2, 0.25) is 5.91 Å². The van der Waals surface area contributed by atoms with Gasteiger partial charge in [-0.15, -0.1) is 0 Å². The lowest BCUT2D eigenvalue weighted by atomic mass is 9.95. The van der Waals surface area contributed by atoms with Crippen molar-refractivity contribution in [3.63, 3.8) is 0 Å². The Morgan fingerprint density at radius 2 is 2.24 bits per heavy atom. The zero-order valence-electron chi connectivity index (χ0n) is 10.9. The minimum atomic E-state index is 0.196. The third-order valence-corrected chi connectivity index (χ3v) is 3.60. The van der Waals surface area contributed by atoms with Gasteiger partial charge in [0, 0.05) is 25.7 Å². The van der Waals surface area contributed by atoms with E-state index in [1.165, 1.54) is 0 Å². The van der Waals surface area contributed by atoms with Crippen molar-refractivity contribution >= 4 is 5.91 Å². The van der Waals surface area contributed by atoms with Crippen LogP contribution < -0.4 is 10.6 Å². The van der Waals surface area contributed by atoms with Crippen molar-refractivity contribution in [3.05, 3.63) is 0 Å².